The number of aryl methyl sites for hydroxylation is 1. The third-order valence-corrected chi connectivity index (χ3v) is 4.27. The summed E-state index contributed by atoms with van der Waals surface area (Å²) in [4.78, 5) is 14.5. The van der Waals surface area contributed by atoms with Crippen molar-refractivity contribution in [3.8, 4) is 0 Å². The number of hydrogen-bond acceptors (Lipinski definition) is 4. The van der Waals surface area contributed by atoms with Gasteiger partial charge in [-0.3, -0.25) is 14.4 Å². The highest BCUT2D eigenvalue weighted by Gasteiger charge is 2.26. The van der Waals surface area contributed by atoms with Gasteiger partial charge in [0.1, 0.15) is 0 Å². The van der Waals surface area contributed by atoms with Crippen LogP contribution >= 0.6 is 0 Å². The smallest absolute Gasteiger partial charge is 0.224 e. The lowest BCUT2D eigenvalue weighted by molar-refractivity contribution is -0.126. The first kappa shape index (κ1) is 17.7. The van der Waals surface area contributed by atoms with Crippen LogP contribution in [-0.2, 0) is 17.9 Å². The molecule has 6 heteroatoms. The second kappa shape index (κ2) is 8.84. The highest BCUT2D eigenvalue weighted by atomic mass is 16.3. The molecular weight excluding hydrogens is 292 g/mol. The number of amides is 1. The second-order valence-corrected chi connectivity index (χ2v) is 6.19. The minimum absolute atomic E-state index is 0.0472. The molecule has 1 aliphatic heterocycles. The lowest BCUT2D eigenvalue weighted by Crippen LogP contribution is -2.43. The molecule has 2 N–H and O–H groups in total. The lowest BCUT2D eigenvalue weighted by atomic mass is 9.96. The SMILES string of the molecule is C=CCn1cc(CN2CCC[C@@H](C(=O)NCCCO)C2)c(C)n1. The molecule has 0 saturated carbocycles. The van der Waals surface area contributed by atoms with Gasteiger partial charge in [-0.05, 0) is 32.7 Å². The Kier molecular flexibility index (Phi) is 6.80. The van der Waals surface area contributed by atoms with Gasteiger partial charge in [-0.15, -0.1) is 6.58 Å². The maximum atomic E-state index is 12.2. The van der Waals surface area contributed by atoms with Crippen LogP contribution < -0.4 is 5.32 Å². The molecule has 1 aromatic heterocycles. The zero-order valence-electron chi connectivity index (χ0n) is 14.0. The normalized spacial score (nSPS) is 18.8. The average Bonchev–Trinajstić information content (AvgIpc) is 2.88. The number of hydrogen-bond donors (Lipinski definition) is 2. The molecule has 0 unspecified atom stereocenters. The Morgan fingerprint density at radius 3 is 3.17 bits per heavy atom. The Labute approximate surface area is 138 Å². The molecule has 1 aromatic rings. The van der Waals surface area contributed by atoms with Crippen LogP contribution in [0.1, 0.15) is 30.5 Å². The predicted octanol–water partition coefficient (Wildman–Crippen LogP) is 1.09. The zero-order chi connectivity index (χ0) is 16.7. The molecule has 0 aliphatic carbocycles. The molecule has 128 valence electrons. The molecule has 1 atom stereocenters. The van der Waals surface area contributed by atoms with Crippen molar-refractivity contribution in [2.24, 2.45) is 5.92 Å². The monoisotopic (exact) mass is 320 g/mol. The Morgan fingerprint density at radius 1 is 1.61 bits per heavy atom. The van der Waals surface area contributed by atoms with Crippen molar-refractivity contribution < 1.29 is 9.90 Å². The van der Waals surface area contributed by atoms with Crippen molar-refractivity contribution in [3.63, 3.8) is 0 Å². The van der Waals surface area contributed by atoms with Crippen LogP contribution in [0.25, 0.3) is 0 Å². The summed E-state index contributed by atoms with van der Waals surface area (Å²) in [6.45, 7) is 9.80. The standard InChI is InChI=1S/C17H28N4O2/c1-3-8-21-13-16(14(2)19-21)12-20-9-4-6-15(11-20)17(23)18-7-5-10-22/h3,13,15,22H,1,4-12H2,2H3,(H,18,23)/t15-/m1/s1. The van der Waals surface area contributed by atoms with Gasteiger partial charge in [0.05, 0.1) is 18.2 Å². The summed E-state index contributed by atoms with van der Waals surface area (Å²) in [7, 11) is 0. The molecule has 0 radical (unpaired) electrons. The van der Waals surface area contributed by atoms with E-state index in [0.29, 0.717) is 13.0 Å². The molecule has 1 saturated heterocycles. The molecule has 0 aromatic carbocycles. The van der Waals surface area contributed by atoms with Gasteiger partial charge in [-0.1, -0.05) is 6.08 Å². The first-order chi connectivity index (χ1) is 11.1. The summed E-state index contributed by atoms with van der Waals surface area (Å²) in [6.07, 6.45) is 6.50. The van der Waals surface area contributed by atoms with Gasteiger partial charge >= 0.3 is 0 Å². The van der Waals surface area contributed by atoms with E-state index in [4.69, 9.17) is 5.11 Å². The van der Waals surface area contributed by atoms with Crippen LogP contribution in [0.5, 0.6) is 0 Å². The van der Waals surface area contributed by atoms with E-state index in [1.807, 2.05) is 17.7 Å². The molecule has 1 fully saturated rings. The Hall–Kier alpha value is -1.66. The van der Waals surface area contributed by atoms with Crippen LogP contribution in [0.3, 0.4) is 0 Å². The summed E-state index contributed by atoms with van der Waals surface area (Å²) < 4.78 is 1.90. The lowest BCUT2D eigenvalue weighted by Gasteiger charge is -2.31. The maximum absolute atomic E-state index is 12.2. The van der Waals surface area contributed by atoms with E-state index >= 15 is 0 Å². The highest BCUT2D eigenvalue weighted by Crippen LogP contribution is 2.19. The fourth-order valence-corrected chi connectivity index (χ4v) is 3.03. The van der Waals surface area contributed by atoms with Gasteiger partial charge in [0.15, 0.2) is 0 Å². The minimum Gasteiger partial charge on any atom is -0.396 e. The summed E-state index contributed by atoms with van der Waals surface area (Å²) in [5.74, 6) is 0.160. The molecule has 2 heterocycles. The maximum Gasteiger partial charge on any atom is 0.224 e. The number of carbonyl (C=O) groups is 1. The number of likely N-dealkylation sites (tertiary alicyclic amines) is 1. The van der Waals surface area contributed by atoms with Crippen LogP contribution in [0.2, 0.25) is 0 Å². The Bertz CT molecular complexity index is 527. The summed E-state index contributed by atoms with van der Waals surface area (Å²) in [6, 6.07) is 0. The Morgan fingerprint density at radius 2 is 2.43 bits per heavy atom. The van der Waals surface area contributed by atoms with Gasteiger partial charge in [-0.2, -0.15) is 5.10 Å². The van der Waals surface area contributed by atoms with Crippen LogP contribution in [0, 0.1) is 12.8 Å². The second-order valence-electron chi connectivity index (χ2n) is 6.19. The number of nitrogens with zero attached hydrogens (tertiary/aromatic N) is 3. The van der Waals surface area contributed by atoms with Crippen molar-refractivity contribution in [2.75, 3.05) is 26.2 Å². The summed E-state index contributed by atoms with van der Waals surface area (Å²) in [5.41, 5.74) is 2.26. The Balaban J connectivity index is 1.88. The zero-order valence-corrected chi connectivity index (χ0v) is 14.0. The van der Waals surface area contributed by atoms with Crippen molar-refractivity contribution in [1.82, 2.24) is 20.0 Å². The first-order valence-corrected chi connectivity index (χ1v) is 8.38. The number of nitrogens with one attached hydrogen (secondary N) is 1. The van der Waals surface area contributed by atoms with Crippen LogP contribution in [0.4, 0.5) is 0 Å². The fraction of sp³-hybridized carbons (Fsp3) is 0.647. The molecule has 0 bridgehead atoms. The van der Waals surface area contributed by atoms with E-state index in [-0.39, 0.29) is 18.4 Å². The van der Waals surface area contributed by atoms with Gasteiger partial charge in [0, 0.05) is 38.0 Å². The molecule has 23 heavy (non-hydrogen) atoms. The molecule has 1 amide bonds. The largest absolute Gasteiger partial charge is 0.396 e. The molecule has 1 aliphatic rings. The van der Waals surface area contributed by atoms with Gasteiger partial charge < -0.3 is 10.4 Å². The van der Waals surface area contributed by atoms with Gasteiger partial charge in [0.2, 0.25) is 5.91 Å². The van der Waals surface area contributed by atoms with Crippen molar-refractivity contribution in [2.45, 2.75) is 39.3 Å². The number of rotatable bonds is 8. The van der Waals surface area contributed by atoms with Crippen molar-refractivity contribution in [3.05, 3.63) is 30.1 Å². The van der Waals surface area contributed by atoms with E-state index in [1.54, 1.807) is 0 Å². The van der Waals surface area contributed by atoms with E-state index in [1.165, 1.54) is 5.56 Å². The first-order valence-electron chi connectivity index (χ1n) is 8.38. The number of aliphatic hydroxyl groups is 1. The topological polar surface area (TPSA) is 70.4 Å². The average molecular weight is 320 g/mol. The highest BCUT2D eigenvalue weighted by molar-refractivity contribution is 5.78. The number of aromatic nitrogens is 2. The van der Waals surface area contributed by atoms with Gasteiger partial charge in [0.25, 0.3) is 0 Å². The van der Waals surface area contributed by atoms with E-state index < -0.39 is 0 Å². The molecule has 2 rings (SSSR count). The number of piperidine rings is 1. The third kappa shape index (κ3) is 5.18. The summed E-state index contributed by atoms with van der Waals surface area (Å²) >= 11 is 0. The molecular formula is C17H28N4O2. The van der Waals surface area contributed by atoms with Crippen molar-refractivity contribution >= 4 is 5.91 Å². The van der Waals surface area contributed by atoms with E-state index in [2.05, 4.69) is 28.1 Å². The predicted molar refractivity (Wildman–Crippen MR) is 89.9 cm³/mol. The van der Waals surface area contributed by atoms with Crippen LogP contribution in [0.15, 0.2) is 18.9 Å². The summed E-state index contributed by atoms with van der Waals surface area (Å²) in [5, 5.41) is 16.2. The van der Waals surface area contributed by atoms with Crippen molar-refractivity contribution in [1.29, 1.82) is 0 Å². The molecule has 0 spiro atoms. The number of carbonyl (C=O) groups excluding carboxylic acids is 1. The quantitative estimate of drug-likeness (QED) is 0.556. The number of aliphatic hydroxyl groups excluding tert-OH is 1. The fourth-order valence-electron chi connectivity index (χ4n) is 3.03. The van der Waals surface area contributed by atoms with Crippen LogP contribution in [-0.4, -0.2) is 51.9 Å². The van der Waals surface area contributed by atoms with E-state index in [9.17, 15) is 4.79 Å². The van der Waals surface area contributed by atoms with E-state index in [0.717, 1.165) is 44.7 Å². The third-order valence-electron chi connectivity index (χ3n) is 4.27. The number of allylic oxidation sites excluding steroid dienone is 1. The minimum atomic E-state index is 0.0472. The molecule has 6 nitrogen and oxygen atoms in total. The van der Waals surface area contributed by atoms with Gasteiger partial charge in [-0.25, -0.2) is 0 Å².